The molecule has 0 bridgehead atoms. The summed E-state index contributed by atoms with van der Waals surface area (Å²) in [6.07, 6.45) is 8.29. The first kappa shape index (κ1) is 31.5. The molecule has 1 fully saturated rings. The number of pyridine rings is 1. The maximum Gasteiger partial charge on any atom is 0.341 e. The van der Waals surface area contributed by atoms with Gasteiger partial charge in [0.1, 0.15) is 17.9 Å². The zero-order valence-electron chi connectivity index (χ0n) is 26.9. The second-order valence-electron chi connectivity index (χ2n) is 12.0. The van der Waals surface area contributed by atoms with Gasteiger partial charge in [-0.05, 0) is 111 Å². The van der Waals surface area contributed by atoms with Gasteiger partial charge in [0.25, 0.3) is 0 Å². The summed E-state index contributed by atoms with van der Waals surface area (Å²) < 4.78 is 13.4. The summed E-state index contributed by atoms with van der Waals surface area (Å²) in [6.45, 7) is 12.6. The van der Waals surface area contributed by atoms with Crippen LogP contribution in [-0.2, 0) is 16.0 Å². The average Bonchev–Trinajstić information content (AvgIpc) is 3.45. The molecule has 1 aromatic carbocycles. The van der Waals surface area contributed by atoms with Crippen LogP contribution in [0.2, 0.25) is 0 Å². The van der Waals surface area contributed by atoms with Crippen LogP contribution in [-0.4, -0.2) is 57.8 Å². The van der Waals surface area contributed by atoms with Crippen molar-refractivity contribution in [1.82, 2.24) is 19.7 Å². The highest BCUT2D eigenvalue weighted by molar-refractivity contribution is 5.90. The maximum absolute atomic E-state index is 12.3. The summed E-state index contributed by atoms with van der Waals surface area (Å²) >= 11 is 0. The van der Waals surface area contributed by atoms with Crippen molar-refractivity contribution in [3.8, 4) is 11.6 Å². The predicted molar refractivity (Wildman–Crippen MR) is 172 cm³/mol. The monoisotopic (exact) mass is 598 g/mol. The van der Waals surface area contributed by atoms with Crippen LogP contribution >= 0.6 is 0 Å². The van der Waals surface area contributed by atoms with Gasteiger partial charge < -0.3 is 14.4 Å². The standard InChI is InChI=1S/C36H46N4O4/c1-6-26-21-28(15-16-29(26)27-17-19-39(20-18-27)35(41)7-2)44-23-32-24(4)11-9-12-30(32)33-13-10-14-34(38-33)40-25(5)31(22-37-40)36(42)43-8-3/h10,13-16,21-22,24,27H,6-9,11-12,17-20,23H2,1-5H3. The van der Waals surface area contributed by atoms with Gasteiger partial charge in [-0.2, -0.15) is 5.10 Å². The molecule has 1 atom stereocenters. The quantitative estimate of drug-likeness (QED) is 0.232. The Hall–Kier alpha value is -3.94. The number of aromatic nitrogens is 3. The van der Waals surface area contributed by atoms with E-state index in [0.717, 1.165) is 63.1 Å². The lowest BCUT2D eigenvalue weighted by atomic mass is 9.82. The van der Waals surface area contributed by atoms with E-state index >= 15 is 0 Å². The fourth-order valence-electron chi connectivity index (χ4n) is 6.70. The van der Waals surface area contributed by atoms with Crippen LogP contribution in [0.25, 0.3) is 11.4 Å². The number of amides is 1. The molecule has 2 aliphatic rings. The molecule has 5 rings (SSSR count). The molecule has 0 N–H and O–H groups in total. The topological polar surface area (TPSA) is 86.5 Å². The molecule has 44 heavy (non-hydrogen) atoms. The van der Waals surface area contributed by atoms with Crippen LogP contribution in [0.4, 0.5) is 0 Å². The van der Waals surface area contributed by atoms with Crippen molar-refractivity contribution in [2.24, 2.45) is 5.92 Å². The molecule has 0 saturated carbocycles. The molecule has 234 valence electrons. The lowest BCUT2D eigenvalue weighted by molar-refractivity contribution is -0.131. The molecule has 8 nitrogen and oxygen atoms in total. The number of benzene rings is 1. The second-order valence-corrected chi connectivity index (χ2v) is 12.0. The van der Waals surface area contributed by atoms with Gasteiger partial charge in [0, 0.05) is 19.5 Å². The van der Waals surface area contributed by atoms with Crippen molar-refractivity contribution < 1.29 is 19.1 Å². The normalized spacial score (nSPS) is 17.6. The number of hydrogen-bond acceptors (Lipinski definition) is 6. The molecule has 1 amide bonds. The molecule has 1 aliphatic carbocycles. The number of rotatable bonds is 10. The Balaban J connectivity index is 1.34. The summed E-state index contributed by atoms with van der Waals surface area (Å²) in [5.41, 5.74) is 7.35. The van der Waals surface area contributed by atoms with E-state index in [9.17, 15) is 9.59 Å². The van der Waals surface area contributed by atoms with E-state index in [1.165, 1.54) is 22.3 Å². The minimum atomic E-state index is -0.372. The summed E-state index contributed by atoms with van der Waals surface area (Å²) in [6, 6.07) is 12.6. The van der Waals surface area contributed by atoms with Crippen LogP contribution in [0.1, 0.15) is 105 Å². The zero-order chi connectivity index (χ0) is 31.2. The summed E-state index contributed by atoms with van der Waals surface area (Å²) in [5, 5.41) is 4.45. The number of piperidine rings is 1. The lowest BCUT2D eigenvalue weighted by Crippen LogP contribution is -2.37. The number of aryl methyl sites for hydroxylation is 1. The summed E-state index contributed by atoms with van der Waals surface area (Å²) in [5.74, 6) is 2.34. The fourth-order valence-corrected chi connectivity index (χ4v) is 6.70. The lowest BCUT2D eigenvalue weighted by Gasteiger charge is -2.33. The van der Waals surface area contributed by atoms with E-state index in [-0.39, 0.29) is 11.9 Å². The highest BCUT2D eigenvalue weighted by Gasteiger charge is 2.26. The number of carbonyl (C=O) groups is 2. The number of nitrogens with zero attached hydrogens (tertiary/aromatic N) is 4. The van der Waals surface area contributed by atoms with Gasteiger partial charge in [-0.3, -0.25) is 4.79 Å². The van der Waals surface area contributed by atoms with E-state index < -0.39 is 0 Å². The molecule has 1 unspecified atom stereocenters. The van der Waals surface area contributed by atoms with Gasteiger partial charge >= 0.3 is 5.97 Å². The number of allylic oxidation sites excluding steroid dienone is 1. The Morgan fingerprint density at radius 1 is 1.05 bits per heavy atom. The van der Waals surface area contributed by atoms with Crippen molar-refractivity contribution in [2.45, 2.75) is 85.5 Å². The second kappa shape index (κ2) is 14.2. The Labute approximate surface area is 261 Å². The van der Waals surface area contributed by atoms with Crippen LogP contribution in [0.3, 0.4) is 0 Å². The molecule has 0 spiro atoms. The molecule has 1 aliphatic heterocycles. The van der Waals surface area contributed by atoms with Crippen molar-refractivity contribution >= 4 is 17.4 Å². The number of ether oxygens (including phenoxy) is 2. The fraction of sp³-hybridized carbons (Fsp3) is 0.500. The summed E-state index contributed by atoms with van der Waals surface area (Å²) in [7, 11) is 0. The first-order valence-corrected chi connectivity index (χ1v) is 16.3. The van der Waals surface area contributed by atoms with E-state index in [2.05, 4.69) is 43.2 Å². The Kier molecular flexibility index (Phi) is 10.2. The third-order valence-corrected chi connectivity index (χ3v) is 9.29. The van der Waals surface area contributed by atoms with Gasteiger partial charge in [0.2, 0.25) is 5.91 Å². The molecule has 8 heteroatoms. The Morgan fingerprint density at radius 3 is 2.57 bits per heavy atom. The van der Waals surface area contributed by atoms with Crippen LogP contribution in [0, 0.1) is 12.8 Å². The largest absolute Gasteiger partial charge is 0.489 e. The Morgan fingerprint density at radius 2 is 1.84 bits per heavy atom. The van der Waals surface area contributed by atoms with Crippen molar-refractivity contribution in [3.63, 3.8) is 0 Å². The van der Waals surface area contributed by atoms with Crippen LogP contribution < -0.4 is 4.74 Å². The van der Waals surface area contributed by atoms with Gasteiger partial charge in [-0.25, -0.2) is 14.5 Å². The third-order valence-electron chi connectivity index (χ3n) is 9.29. The van der Waals surface area contributed by atoms with Crippen molar-refractivity contribution in [3.05, 3.63) is 76.2 Å². The van der Waals surface area contributed by atoms with Gasteiger partial charge in [0.05, 0.1) is 24.2 Å². The highest BCUT2D eigenvalue weighted by Crippen LogP contribution is 2.37. The van der Waals surface area contributed by atoms with Gasteiger partial charge in [0.15, 0.2) is 5.82 Å². The van der Waals surface area contributed by atoms with Crippen molar-refractivity contribution in [2.75, 3.05) is 26.3 Å². The Bertz CT molecular complexity index is 1520. The number of esters is 1. The van der Waals surface area contributed by atoms with Gasteiger partial charge in [-0.1, -0.05) is 32.9 Å². The minimum Gasteiger partial charge on any atom is -0.489 e. The molecular weight excluding hydrogens is 552 g/mol. The number of carbonyl (C=O) groups excluding carboxylic acids is 2. The molecule has 2 aromatic heterocycles. The molecule has 3 heterocycles. The smallest absolute Gasteiger partial charge is 0.341 e. The molecule has 0 radical (unpaired) electrons. The van der Waals surface area contributed by atoms with E-state index in [1.54, 1.807) is 17.8 Å². The van der Waals surface area contributed by atoms with Gasteiger partial charge in [-0.15, -0.1) is 0 Å². The predicted octanol–water partition coefficient (Wildman–Crippen LogP) is 7.08. The molecule has 1 saturated heterocycles. The number of hydrogen-bond donors (Lipinski definition) is 0. The maximum atomic E-state index is 12.3. The SMILES string of the molecule is CCOC(=O)c1cnn(-c2cccc(C3=C(COc4ccc(C5CCN(C(=O)CC)CC5)c(CC)c4)C(C)CCC3)n2)c1C. The molecular formula is C36H46N4O4. The van der Waals surface area contributed by atoms with E-state index in [4.69, 9.17) is 14.5 Å². The van der Waals surface area contributed by atoms with Crippen molar-refractivity contribution in [1.29, 1.82) is 0 Å². The van der Waals surface area contributed by atoms with E-state index in [1.807, 2.05) is 30.9 Å². The number of likely N-dealkylation sites (tertiary alicyclic amines) is 1. The minimum absolute atomic E-state index is 0.259. The first-order valence-electron chi connectivity index (χ1n) is 16.3. The molecule has 3 aromatic rings. The summed E-state index contributed by atoms with van der Waals surface area (Å²) in [4.78, 5) is 31.5. The average molecular weight is 599 g/mol. The zero-order valence-corrected chi connectivity index (χ0v) is 26.9. The first-order chi connectivity index (χ1) is 21.3. The van der Waals surface area contributed by atoms with Crippen LogP contribution in [0.15, 0.2) is 48.2 Å². The highest BCUT2D eigenvalue weighted by atomic mass is 16.5. The van der Waals surface area contributed by atoms with E-state index in [0.29, 0.717) is 48.5 Å². The van der Waals surface area contributed by atoms with Crippen LogP contribution in [0.5, 0.6) is 5.75 Å². The third kappa shape index (κ3) is 6.74.